The largest absolute Gasteiger partial charge is 0.495 e. The lowest BCUT2D eigenvalue weighted by atomic mass is 10.1. The fourth-order valence-electron chi connectivity index (χ4n) is 2.64. The Morgan fingerprint density at radius 2 is 1.61 bits per heavy atom. The lowest BCUT2D eigenvalue weighted by Gasteiger charge is -2.20. The number of nitrogens with one attached hydrogen (secondary N) is 1. The molecule has 0 radical (unpaired) electrons. The summed E-state index contributed by atoms with van der Waals surface area (Å²) in [4.78, 5) is 23.6. The van der Waals surface area contributed by atoms with Gasteiger partial charge in [0.1, 0.15) is 10.6 Å². The van der Waals surface area contributed by atoms with Crippen LogP contribution in [0.2, 0.25) is 0 Å². The van der Waals surface area contributed by atoms with Gasteiger partial charge in [0, 0.05) is 29.9 Å². The van der Waals surface area contributed by atoms with Crippen LogP contribution in [0.25, 0.3) is 0 Å². The zero-order valence-electron chi connectivity index (χ0n) is 15.9. The van der Waals surface area contributed by atoms with Crippen LogP contribution in [0.4, 0.5) is 5.69 Å². The van der Waals surface area contributed by atoms with Crippen molar-refractivity contribution in [2.75, 3.05) is 25.5 Å². The van der Waals surface area contributed by atoms with Crippen molar-refractivity contribution in [1.82, 2.24) is 4.31 Å². The summed E-state index contributed by atoms with van der Waals surface area (Å²) >= 11 is 0. The van der Waals surface area contributed by atoms with Crippen molar-refractivity contribution in [2.45, 2.75) is 18.7 Å². The minimum Gasteiger partial charge on any atom is -0.495 e. The van der Waals surface area contributed by atoms with E-state index in [2.05, 4.69) is 5.32 Å². The number of hydrogen-bond donors (Lipinski definition) is 2. The number of nitrogens with two attached hydrogens (primary N) is 1. The number of carbonyl (C=O) groups excluding carboxylic acids is 2. The summed E-state index contributed by atoms with van der Waals surface area (Å²) in [6.45, 7) is 4.06. The number of carbonyl (C=O) groups is 2. The van der Waals surface area contributed by atoms with E-state index in [0.29, 0.717) is 24.3 Å². The Labute approximate surface area is 164 Å². The van der Waals surface area contributed by atoms with Crippen LogP contribution in [0.1, 0.15) is 34.6 Å². The van der Waals surface area contributed by atoms with Gasteiger partial charge in [-0.1, -0.05) is 13.8 Å². The van der Waals surface area contributed by atoms with Crippen molar-refractivity contribution in [3.05, 3.63) is 53.6 Å². The van der Waals surface area contributed by atoms with Gasteiger partial charge in [0.2, 0.25) is 15.9 Å². The van der Waals surface area contributed by atoms with Gasteiger partial charge >= 0.3 is 0 Å². The predicted octanol–water partition coefficient (Wildman–Crippen LogP) is 2.08. The lowest BCUT2D eigenvalue weighted by molar-refractivity contribution is 0.0998. The maximum Gasteiger partial charge on any atom is 0.255 e. The molecule has 0 unspecified atom stereocenters. The molecule has 28 heavy (non-hydrogen) atoms. The number of hydrogen-bond acceptors (Lipinski definition) is 5. The Kier molecular flexibility index (Phi) is 6.76. The molecule has 0 aliphatic carbocycles. The van der Waals surface area contributed by atoms with Crippen LogP contribution >= 0.6 is 0 Å². The molecule has 0 aliphatic heterocycles. The molecule has 0 saturated heterocycles. The maximum absolute atomic E-state index is 12.9. The number of rotatable bonds is 8. The summed E-state index contributed by atoms with van der Waals surface area (Å²) in [5.41, 5.74) is 6.11. The standard InChI is InChI=1S/C19H23N3O5S/c1-4-22(5-2)28(25,26)17-12-14(8-11-16(17)27-3)19(24)21-15-9-6-13(7-10-15)18(20)23/h6-12H,4-5H2,1-3H3,(H2,20,23)(H,21,24). The fraction of sp³-hybridized carbons (Fsp3) is 0.263. The molecule has 3 N–H and O–H groups in total. The van der Waals surface area contributed by atoms with Crippen molar-refractivity contribution in [1.29, 1.82) is 0 Å². The average Bonchev–Trinajstić information content (AvgIpc) is 2.68. The van der Waals surface area contributed by atoms with Crippen LogP contribution in [0.5, 0.6) is 5.75 Å². The van der Waals surface area contributed by atoms with Gasteiger partial charge in [-0.25, -0.2) is 8.42 Å². The molecule has 2 aromatic carbocycles. The molecule has 9 heteroatoms. The number of amides is 2. The molecule has 0 bridgehead atoms. The van der Waals surface area contributed by atoms with Crippen LogP contribution in [0, 0.1) is 0 Å². The molecular weight excluding hydrogens is 382 g/mol. The van der Waals surface area contributed by atoms with Crippen molar-refractivity contribution in [3.63, 3.8) is 0 Å². The van der Waals surface area contributed by atoms with E-state index in [0.717, 1.165) is 0 Å². The number of sulfonamides is 1. The highest BCUT2D eigenvalue weighted by Gasteiger charge is 2.26. The van der Waals surface area contributed by atoms with Crippen molar-refractivity contribution in [2.24, 2.45) is 5.73 Å². The Morgan fingerprint density at radius 3 is 2.11 bits per heavy atom. The van der Waals surface area contributed by atoms with Gasteiger partial charge in [0.25, 0.3) is 5.91 Å². The fourth-order valence-corrected chi connectivity index (χ4v) is 4.28. The van der Waals surface area contributed by atoms with Gasteiger partial charge in [-0.3, -0.25) is 9.59 Å². The molecule has 2 amide bonds. The van der Waals surface area contributed by atoms with Crippen LogP contribution in [0.15, 0.2) is 47.4 Å². The third kappa shape index (κ3) is 4.49. The van der Waals surface area contributed by atoms with E-state index in [9.17, 15) is 18.0 Å². The minimum absolute atomic E-state index is 0.0737. The third-order valence-corrected chi connectivity index (χ3v) is 6.25. The first kappa shape index (κ1) is 21.4. The van der Waals surface area contributed by atoms with Crippen molar-refractivity contribution < 1.29 is 22.7 Å². The van der Waals surface area contributed by atoms with E-state index in [1.807, 2.05) is 0 Å². The Balaban J connectivity index is 2.36. The molecular formula is C19H23N3O5S. The highest BCUT2D eigenvalue weighted by molar-refractivity contribution is 7.89. The average molecular weight is 405 g/mol. The lowest BCUT2D eigenvalue weighted by Crippen LogP contribution is -2.31. The number of anilines is 1. The number of ether oxygens (including phenoxy) is 1. The second-order valence-corrected chi connectivity index (χ2v) is 7.76. The Morgan fingerprint density at radius 1 is 1.04 bits per heavy atom. The zero-order chi connectivity index (χ0) is 20.9. The predicted molar refractivity (Wildman–Crippen MR) is 106 cm³/mol. The monoisotopic (exact) mass is 405 g/mol. The maximum atomic E-state index is 12.9. The summed E-state index contributed by atoms with van der Waals surface area (Å²) in [7, 11) is -2.44. The number of primary amides is 1. The minimum atomic E-state index is -3.81. The summed E-state index contributed by atoms with van der Waals surface area (Å²) in [6.07, 6.45) is 0. The summed E-state index contributed by atoms with van der Waals surface area (Å²) in [6, 6.07) is 10.3. The third-order valence-electron chi connectivity index (χ3n) is 4.18. The zero-order valence-corrected chi connectivity index (χ0v) is 16.7. The van der Waals surface area contributed by atoms with Crippen LogP contribution in [0.3, 0.4) is 0 Å². The molecule has 0 fully saturated rings. The first-order valence-electron chi connectivity index (χ1n) is 8.64. The SMILES string of the molecule is CCN(CC)S(=O)(=O)c1cc(C(=O)Nc2ccc(C(N)=O)cc2)ccc1OC. The Bertz CT molecular complexity index is 968. The topological polar surface area (TPSA) is 119 Å². The summed E-state index contributed by atoms with van der Waals surface area (Å²) in [5.74, 6) is -0.904. The second kappa shape index (κ2) is 8.85. The van der Waals surface area contributed by atoms with Crippen molar-refractivity contribution >= 4 is 27.5 Å². The molecule has 0 aromatic heterocycles. The first-order valence-corrected chi connectivity index (χ1v) is 10.1. The number of benzene rings is 2. The Hall–Kier alpha value is -2.91. The van der Waals surface area contributed by atoms with Crippen LogP contribution < -0.4 is 15.8 Å². The smallest absolute Gasteiger partial charge is 0.255 e. The molecule has 150 valence electrons. The van der Waals surface area contributed by atoms with Gasteiger partial charge in [0.05, 0.1) is 7.11 Å². The highest BCUT2D eigenvalue weighted by atomic mass is 32.2. The van der Waals surface area contributed by atoms with E-state index in [4.69, 9.17) is 10.5 Å². The van der Waals surface area contributed by atoms with Gasteiger partial charge < -0.3 is 15.8 Å². The number of nitrogens with zero attached hydrogens (tertiary/aromatic N) is 1. The molecule has 0 saturated carbocycles. The van der Waals surface area contributed by atoms with E-state index >= 15 is 0 Å². The molecule has 8 nitrogen and oxygen atoms in total. The normalized spacial score (nSPS) is 11.3. The number of methoxy groups -OCH3 is 1. The van der Waals surface area contributed by atoms with E-state index in [-0.39, 0.29) is 16.2 Å². The van der Waals surface area contributed by atoms with E-state index in [1.54, 1.807) is 13.8 Å². The van der Waals surface area contributed by atoms with Crippen LogP contribution in [-0.2, 0) is 10.0 Å². The first-order chi connectivity index (χ1) is 13.2. The van der Waals surface area contributed by atoms with Crippen molar-refractivity contribution in [3.8, 4) is 5.75 Å². The molecule has 0 atom stereocenters. The highest BCUT2D eigenvalue weighted by Crippen LogP contribution is 2.28. The summed E-state index contributed by atoms with van der Waals surface area (Å²) < 4.78 is 32.2. The van der Waals surface area contributed by atoms with Gasteiger partial charge in [-0.05, 0) is 42.5 Å². The molecule has 0 aliphatic rings. The molecule has 0 spiro atoms. The quantitative estimate of drug-likeness (QED) is 0.697. The van der Waals surface area contributed by atoms with E-state index in [1.165, 1.54) is 53.9 Å². The van der Waals surface area contributed by atoms with Crippen LogP contribution in [-0.4, -0.2) is 44.7 Å². The molecule has 0 heterocycles. The van der Waals surface area contributed by atoms with Gasteiger partial charge in [-0.2, -0.15) is 4.31 Å². The van der Waals surface area contributed by atoms with Gasteiger partial charge in [0.15, 0.2) is 0 Å². The van der Waals surface area contributed by atoms with E-state index < -0.39 is 21.8 Å². The molecule has 2 rings (SSSR count). The summed E-state index contributed by atoms with van der Waals surface area (Å²) in [5, 5.41) is 2.66. The molecule has 2 aromatic rings. The van der Waals surface area contributed by atoms with Gasteiger partial charge in [-0.15, -0.1) is 0 Å². The second-order valence-electron chi connectivity index (χ2n) is 5.85.